The number of rotatable bonds is 0. The summed E-state index contributed by atoms with van der Waals surface area (Å²) >= 11 is 39.5. The number of fused-ring (bicyclic) bond motifs is 5. The molecule has 0 amide bonds. The Hall–Kier alpha value is 1.48. The van der Waals surface area contributed by atoms with Gasteiger partial charge in [0.05, 0.1) is 10.1 Å². The molecule has 0 spiro atoms. The van der Waals surface area contributed by atoms with Crippen molar-refractivity contribution in [3.63, 3.8) is 0 Å². The van der Waals surface area contributed by atoms with Crippen molar-refractivity contribution in [2.75, 3.05) is 0 Å². The maximum Gasteiger partial charge on any atom is 0.166 e. The fraction of sp³-hybridized carbons (Fsp3) is 0.846. The highest BCUT2D eigenvalue weighted by molar-refractivity contribution is 6.65. The molecule has 19 heavy (non-hydrogen) atoms. The third kappa shape index (κ3) is 1.63. The second kappa shape index (κ2) is 4.74. The van der Waals surface area contributed by atoms with Gasteiger partial charge in [-0.1, -0.05) is 72.1 Å². The number of allylic oxidation sites excluding steroid dienone is 2. The van der Waals surface area contributed by atoms with Crippen LogP contribution in [0, 0.1) is 11.8 Å². The largest absolute Gasteiger partial charge is 0.166 e. The number of hydrogen-bond donors (Lipinski definition) is 0. The molecule has 0 aromatic rings. The first-order chi connectivity index (χ1) is 8.79. The standard InChI is InChI=1S/C13H14Cl6/c14-9-10(15)12(17)8-6-4-2-1-3-5-7(8)11(9,16)13(12,18)19/h7-8H,1-6H2/t7-,8+,11-,12+. The quantitative estimate of drug-likeness (QED) is 0.424. The Labute approximate surface area is 143 Å². The van der Waals surface area contributed by atoms with Crippen molar-refractivity contribution < 1.29 is 0 Å². The van der Waals surface area contributed by atoms with Crippen LogP contribution in [0.15, 0.2) is 10.1 Å². The molecule has 0 aromatic carbocycles. The van der Waals surface area contributed by atoms with Crippen molar-refractivity contribution in [2.45, 2.75) is 52.6 Å². The Morgan fingerprint density at radius 3 is 1.42 bits per heavy atom. The van der Waals surface area contributed by atoms with Crippen molar-refractivity contribution in [3.05, 3.63) is 10.1 Å². The predicted octanol–water partition coefficient (Wildman–Crippen LogP) is 6.42. The SMILES string of the molecule is ClC1=C(Cl)[C@]2(Cl)[C@@H]3CCCCCC[C@@H]3[C@@]1(Cl)C2(Cl)Cl. The van der Waals surface area contributed by atoms with E-state index in [-0.39, 0.29) is 11.8 Å². The van der Waals surface area contributed by atoms with Gasteiger partial charge in [0.2, 0.25) is 0 Å². The zero-order valence-corrected chi connectivity index (χ0v) is 14.7. The molecule has 2 fully saturated rings. The van der Waals surface area contributed by atoms with Gasteiger partial charge in [0.1, 0.15) is 9.75 Å². The fourth-order valence-electron chi connectivity index (χ4n) is 4.09. The van der Waals surface area contributed by atoms with Crippen LogP contribution >= 0.6 is 69.6 Å². The molecule has 3 aliphatic rings. The van der Waals surface area contributed by atoms with Crippen LogP contribution in [0.2, 0.25) is 0 Å². The first-order valence-electron chi connectivity index (χ1n) is 6.61. The van der Waals surface area contributed by atoms with Gasteiger partial charge in [0.15, 0.2) is 4.33 Å². The van der Waals surface area contributed by atoms with Crippen molar-refractivity contribution >= 4 is 69.6 Å². The smallest absolute Gasteiger partial charge is 0.109 e. The van der Waals surface area contributed by atoms with E-state index in [9.17, 15) is 0 Å². The summed E-state index contributed by atoms with van der Waals surface area (Å²) in [6.45, 7) is 0. The van der Waals surface area contributed by atoms with Gasteiger partial charge < -0.3 is 0 Å². The lowest BCUT2D eigenvalue weighted by Gasteiger charge is -2.38. The van der Waals surface area contributed by atoms with Crippen LogP contribution in [0.3, 0.4) is 0 Å². The first-order valence-corrected chi connectivity index (χ1v) is 8.88. The van der Waals surface area contributed by atoms with Gasteiger partial charge in [-0.05, 0) is 24.7 Å². The van der Waals surface area contributed by atoms with Crippen LogP contribution in [0.25, 0.3) is 0 Å². The van der Waals surface area contributed by atoms with E-state index in [4.69, 9.17) is 69.6 Å². The lowest BCUT2D eigenvalue weighted by atomic mass is 9.75. The van der Waals surface area contributed by atoms with Gasteiger partial charge in [-0.25, -0.2) is 0 Å². The first kappa shape index (κ1) is 15.4. The fourth-order valence-corrected chi connectivity index (χ4v) is 7.24. The predicted molar refractivity (Wildman–Crippen MR) is 85.0 cm³/mol. The summed E-state index contributed by atoms with van der Waals surface area (Å²) in [5, 5.41) is 0.690. The van der Waals surface area contributed by atoms with Gasteiger partial charge in [-0.2, -0.15) is 0 Å². The van der Waals surface area contributed by atoms with E-state index in [0.29, 0.717) is 10.1 Å². The molecule has 0 radical (unpaired) electrons. The number of hydrogen-bond acceptors (Lipinski definition) is 0. The molecule has 0 nitrogen and oxygen atoms in total. The van der Waals surface area contributed by atoms with Crippen LogP contribution in [0.1, 0.15) is 38.5 Å². The molecule has 0 aliphatic heterocycles. The van der Waals surface area contributed by atoms with Crippen molar-refractivity contribution in [1.29, 1.82) is 0 Å². The molecule has 3 aliphatic carbocycles. The average molecular weight is 383 g/mol. The zero-order chi connectivity index (χ0) is 14.1. The summed E-state index contributed by atoms with van der Waals surface area (Å²) in [6, 6.07) is 0. The second-order valence-electron chi connectivity index (χ2n) is 5.83. The van der Waals surface area contributed by atoms with E-state index in [0.717, 1.165) is 25.7 Å². The van der Waals surface area contributed by atoms with E-state index < -0.39 is 14.1 Å². The van der Waals surface area contributed by atoms with Crippen LogP contribution in [-0.2, 0) is 0 Å². The normalized spacial score (nSPS) is 48.9. The summed E-state index contributed by atoms with van der Waals surface area (Å²) in [6.07, 6.45) is 6.52. The third-order valence-corrected chi connectivity index (χ3v) is 9.38. The lowest BCUT2D eigenvalue weighted by molar-refractivity contribution is 0.258. The molecule has 2 bridgehead atoms. The summed E-state index contributed by atoms with van der Waals surface area (Å²) in [5.41, 5.74) is 0. The third-order valence-electron chi connectivity index (χ3n) is 5.03. The van der Waals surface area contributed by atoms with Crippen LogP contribution in [0.4, 0.5) is 0 Å². The molecule has 3 rings (SSSR count). The summed E-state index contributed by atoms with van der Waals surface area (Å²) in [4.78, 5) is -2.09. The molecular formula is C13H14Cl6. The van der Waals surface area contributed by atoms with Gasteiger partial charge >= 0.3 is 0 Å². The number of alkyl halides is 4. The Bertz CT molecular complexity index is 406. The van der Waals surface area contributed by atoms with Crippen LogP contribution in [-0.4, -0.2) is 14.1 Å². The van der Waals surface area contributed by atoms with Gasteiger partial charge in [-0.3, -0.25) is 0 Å². The second-order valence-corrected chi connectivity index (χ2v) is 9.11. The van der Waals surface area contributed by atoms with Gasteiger partial charge in [0.25, 0.3) is 0 Å². The molecule has 0 N–H and O–H groups in total. The topological polar surface area (TPSA) is 0 Å². The zero-order valence-electron chi connectivity index (χ0n) is 10.2. The number of halogens is 6. The highest BCUT2D eigenvalue weighted by Gasteiger charge is 2.81. The molecule has 6 heteroatoms. The van der Waals surface area contributed by atoms with Crippen LogP contribution < -0.4 is 0 Å². The Balaban J connectivity index is 2.16. The maximum atomic E-state index is 6.80. The highest BCUT2D eigenvalue weighted by Crippen LogP contribution is 2.77. The van der Waals surface area contributed by atoms with E-state index in [2.05, 4.69) is 0 Å². The van der Waals surface area contributed by atoms with E-state index >= 15 is 0 Å². The highest BCUT2D eigenvalue weighted by atomic mass is 35.5. The molecule has 0 aromatic heterocycles. The summed E-state index contributed by atoms with van der Waals surface area (Å²) < 4.78 is -1.35. The monoisotopic (exact) mass is 380 g/mol. The minimum absolute atomic E-state index is 0.0944. The molecule has 0 unspecified atom stereocenters. The molecule has 4 atom stereocenters. The molecule has 2 saturated carbocycles. The molecular weight excluding hydrogens is 369 g/mol. The molecule has 0 saturated heterocycles. The van der Waals surface area contributed by atoms with E-state index in [1.165, 1.54) is 12.8 Å². The van der Waals surface area contributed by atoms with Gasteiger partial charge in [0, 0.05) is 0 Å². The Morgan fingerprint density at radius 1 is 0.684 bits per heavy atom. The van der Waals surface area contributed by atoms with Crippen LogP contribution in [0.5, 0.6) is 0 Å². The molecule has 0 heterocycles. The average Bonchev–Trinajstić information content (AvgIpc) is 2.50. The summed E-state index contributed by atoms with van der Waals surface area (Å²) in [5.74, 6) is 0.189. The Morgan fingerprint density at radius 2 is 1.05 bits per heavy atom. The summed E-state index contributed by atoms with van der Waals surface area (Å²) in [7, 11) is 0. The van der Waals surface area contributed by atoms with Gasteiger partial charge in [-0.15, -0.1) is 23.2 Å². The van der Waals surface area contributed by atoms with Crippen molar-refractivity contribution in [2.24, 2.45) is 11.8 Å². The maximum absolute atomic E-state index is 6.80. The van der Waals surface area contributed by atoms with E-state index in [1.807, 2.05) is 0 Å². The minimum Gasteiger partial charge on any atom is -0.109 e. The Kier molecular flexibility index (Phi) is 3.83. The minimum atomic E-state index is -1.35. The lowest BCUT2D eigenvalue weighted by Crippen LogP contribution is -2.44. The van der Waals surface area contributed by atoms with Crippen molar-refractivity contribution in [3.8, 4) is 0 Å². The molecule has 108 valence electrons. The van der Waals surface area contributed by atoms with E-state index in [1.54, 1.807) is 0 Å². The van der Waals surface area contributed by atoms with Crippen molar-refractivity contribution in [1.82, 2.24) is 0 Å².